The van der Waals surface area contributed by atoms with E-state index in [1.807, 2.05) is 0 Å². The summed E-state index contributed by atoms with van der Waals surface area (Å²) in [7, 11) is 0. The summed E-state index contributed by atoms with van der Waals surface area (Å²) in [4.78, 5) is 0. The number of aliphatic hydroxyl groups is 1. The Morgan fingerprint density at radius 3 is 1.48 bits per heavy atom. The van der Waals surface area contributed by atoms with Crippen molar-refractivity contribution < 1.29 is 5.11 Å². The molecule has 0 heterocycles. The monoisotopic (exact) mass is 322 g/mol. The van der Waals surface area contributed by atoms with Crippen LogP contribution in [0.15, 0.2) is 0 Å². The Bertz CT molecular complexity index is 253. The number of rotatable bonds is 18. The first-order chi connectivity index (χ1) is 11.3. The van der Waals surface area contributed by atoms with Gasteiger partial charge in [0.05, 0.1) is 6.10 Å². The van der Waals surface area contributed by atoms with Crippen LogP contribution in [-0.2, 0) is 0 Å². The van der Waals surface area contributed by atoms with E-state index in [1.54, 1.807) is 0 Å². The molecule has 0 aliphatic rings. The second kappa shape index (κ2) is 19.6. The predicted molar refractivity (Wildman–Crippen MR) is 104 cm³/mol. The third kappa shape index (κ3) is 19.5. The maximum absolute atomic E-state index is 9.99. The van der Waals surface area contributed by atoms with Crippen molar-refractivity contribution in [1.82, 2.24) is 0 Å². The zero-order valence-corrected chi connectivity index (χ0v) is 15.8. The van der Waals surface area contributed by atoms with Crippen molar-refractivity contribution in [3.63, 3.8) is 0 Å². The van der Waals surface area contributed by atoms with Crippen molar-refractivity contribution in [3.05, 3.63) is 0 Å². The van der Waals surface area contributed by atoms with Crippen molar-refractivity contribution in [2.45, 2.75) is 129 Å². The molecule has 0 saturated carbocycles. The van der Waals surface area contributed by atoms with Gasteiger partial charge in [0.25, 0.3) is 0 Å². The van der Waals surface area contributed by atoms with Gasteiger partial charge in [-0.1, -0.05) is 96.8 Å². The van der Waals surface area contributed by atoms with Crippen LogP contribution in [0.2, 0.25) is 0 Å². The van der Waals surface area contributed by atoms with Crippen LogP contribution < -0.4 is 0 Å². The standard InChI is InChI=1S/C22H42O/c1-3-5-7-9-11-12-13-15-17-19-21-22(23)20-18-16-14-10-8-6-4-2/h2,22-23H,3,5-21H2,1H3. The molecule has 0 fully saturated rings. The van der Waals surface area contributed by atoms with E-state index >= 15 is 0 Å². The highest BCUT2D eigenvalue weighted by Gasteiger charge is 2.03. The van der Waals surface area contributed by atoms with Gasteiger partial charge in [-0.2, -0.15) is 0 Å². The molecule has 0 aliphatic heterocycles. The van der Waals surface area contributed by atoms with E-state index in [4.69, 9.17) is 6.42 Å². The Morgan fingerprint density at radius 1 is 0.652 bits per heavy atom. The summed E-state index contributed by atoms with van der Waals surface area (Å²) in [6, 6.07) is 0. The number of hydrogen-bond donors (Lipinski definition) is 1. The van der Waals surface area contributed by atoms with Crippen molar-refractivity contribution in [2.24, 2.45) is 0 Å². The van der Waals surface area contributed by atoms with Crippen molar-refractivity contribution >= 4 is 0 Å². The first-order valence-corrected chi connectivity index (χ1v) is 10.4. The maximum Gasteiger partial charge on any atom is 0.0540 e. The van der Waals surface area contributed by atoms with E-state index < -0.39 is 0 Å². The zero-order valence-electron chi connectivity index (χ0n) is 15.8. The van der Waals surface area contributed by atoms with Gasteiger partial charge in [-0.3, -0.25) is 0 Å². The molecule has 0 radical (unpaired) electrons. The highest BCUT2D eigenvalue weighted by Crippen LogP contribution is 2.15. The summed E-state index contributed by atoms with van der Waals surface area (Å²) < 4.78 is 0. The van der Waals surface area contributed by atoms with Crippen LogP contribution in [-0.4, -0.2) is 11.2 Å². The molecule has 0 aromatic rings. The van der Waals surface area contributed by atoms with Crippen molar-refractivity contribution in [3.8, 4) is 12.3 Å². The number of aliphatic hydroxyl groups excluding tert-OH is 1. The molecule has 23 heavy (non-hydrogen) atoms. The molecular weight excluding hydrogens is 280 g/mol. The topological polar surface area (TPSA) is 20.2 Å². The van der Waals surface area contributed by atoms with Crippen LogP contribution in [0.4, 0.5) is 0 Å². The molecule has 1 atom stereocenters. The van der Waals surface area contributed by atoms with Gasteiger partial charge in [0.1, 0.15) is 0 Å². The third-order valence-electron chi connectivity index (χ3n) is 4.75. The summed E-state index contributed by atoms with van der Waals surface area (Å²) in [6.45, 7) is 2.27. The lowest BCUT2D eigenvalue weighted by atomic mass is 10.0. The van der Waals surface area contributed by atoms with Gasteiger partial charge in [0, 0.05) is 6.42 Å². The summed E-state index contributed by atoms with van der Waals surface area (Å²) >= 11 is 0. The zero-order chi connectivity index (χ0) is 17.0. The first kappa shape index (κ1) is 22.5. The van der Waals surface area contributed by atoms with Crippen LogP contribution in [0.5, 0.6) is 0 Å². The molecule has 0 amide bonds. The van der Waals surface area contributed by atoms with E-state index in [0.29, 0.717) is 0 Å². The van der Waals surface area contributed by atoms with E-state index in [2.05, 4.69) is 12.8 Å². The summed E-state index contributed by atoms with van der Waals surface area (Å²) in [6.07, 6.45) is 27.9. The highest BCUT2D eigenvalue weighted by molar-refractivity contribution is 4.82. The van der Waals surface area contributed by atoms with Gasteiger partial charge < -0.3 is 5.11 Å². The molecule has 1 unspecified atom stereocenters. The van der Waals surface area contributed by atoms with Gasteiger partial charge in [0.15, 0.2) is 0 Å². The molecule has 1 N–H and O–H groups in total. The quantitative estimate of drug-likeness (QED) is 0.212. The average molecular weight is 323 g/mol. The average Bonchev–Trinajstić information content (AvgIpc) is 2.55. The van der Waals surface area contributed by atoms with E-state index in [9.17, 15) is 5.11 Å². The fourth-order valence-corrected chi connectivity index (χ4v) is 3.15. The Labute approximate surface area is 146 Å². The lowest BCUT2D eigenvalue weighted by Gasteiger charge is -2.10. The fourth-order valence-electron chi connectivity index (χ4n) is 3.15. The smallest absolute Gasteiger partial charge is 0.0540 e. The highest BCUT2D eigenvalue weighted by atomic mass is 16.3. The Hall–Kier alpha value is -0.480. The number of terminal acetylenes is 1. The Morgan fingerprint density at radius 2 is 1.04 bits per heavy atom. The predicted octanol–water partition coefficient (Wildman–Crippen LogP) is 7.02. The molecule has 0 aromatic carbocycles. The van der Waals surface area contributed by atoms with Crippen molar-refractivity contribution in [2.75, 3.05) is 0 Å². The van der Waals surface area contributed by atoms with Crippen LogP contribution in [0.1, 0.15) is 122 Å². The van der Waals surface area contributed by atoms with Crippen LogP contribution >= 0.6 is 0 Å². The largest absolute Gasteiger partial charge is 0.393 e. The molecule has 0 bridgehead atoms. The summed E-state index contributed by atoms with van der Waals surface area (Å²) in [5.41, 5.74) is 0. The van der Waals surface area contributed by atoms with E-state index in [0.717, 1.165) is 25.7 Å². The van der Waals surface area contributed by atoms with Crippen LogP contribution in [0.3, 0.4) is 0 Å². The minimum Gasteiger partial charge on any atom is -0.393 e. The van der Waals surface area contributed by atoms with E-state index in [-0.39, 0.29) is 6.10 Å². The van der Waals surface area contributed by atoms with Gasteiger partial charge in [-0.25, -0.2) is 0 Å². The summed E-state index contributed by atoms with van der Waals surface area (Å²) in [5.74, 6) is 2.69. The minimum absolute atomic E-state index is 0.0604. The van der Waals surface area contributed by atoms with E-state index in [1.165, 1.54) is 89.9 Å². The molecule has 0 spiro atoms. The second-order valence-corrected chi connectivity index (χ2v) is 7.14. The fraction of sp³-hybridized carbons (Fsp3) is 0.909. The normalized spacial score (nSPS) is 12.2. The molecule has 136 valence electrons. The van der Waals surface area contributed by atoms with Crippen LogP contribution in [0.25, 0.3) is 0 Å². The lowest BCUT2D eigenvalue weighted by molar-refractivity contribution is 0.147. The SMILES string of the molecule is C#CCCCCCCCC(O)CCCCCCCCCCCC. The molecule has 0 rings (SSSR count). The third-order valence-corrected chi connectivity index (χ3v) is 4.75. The second-order valence-electron chi connectivity index (χ2n) is 7.14. The molecule has 0 saturated heterocycles. The molecule has 1 heteroatoms. The minimum atomic E-state index is -0.0604. The molecular formula is C22H42O. The van der Waals surface area contributed by atoms with Gasteiger partial charge in [0.2, 0.25) is 0 Å². The molecule has 0 aliphatic carbocycles. The first-order valence-electron chi connectivity index (χ1n) is 10.4. The number of unbranched alkanes of at least 4 members (excludes halogenated alkanes) is 14. The summed E-state index contributed by atoms with van der Waals surface area (Å²) in [5, 5.41) is 9.99. The Kier molecular flexibility index (Phi) is 19.2. The Balaban J connectivity index is 3.13. The van der Waals surface area contributed by atoms with Crippen LogP contribution in [0, 0.1) is 12.3 Å². The van der Waals surface area contributed by atoms with Crippen molar-refractivity contribution in [1.29, 1.82) is 0 Å². The van der Waals surface area contributed by atoms with Gasteiger partial charge in [-0.15, -0.1) is 12.3 Å². The van der Waals surface area contributed by atoms with Gasteiger partial charge >= 0.3 is 0 Å². The maximum atomic E-state index is 9.99. The lowest BCUT2D eigenvalue weighted by Crippen LogP contribution is -2.05. The number of hydrogen-bond acceptors (Lipinski definition) is 1. The van der Waals surface area contributed by atoms with Gasteiger partial charge in [-0.05, 0) is 19.3 Å². The molecule has 1 nitrogen and oxygen atoms in total. The molecule has 0 aromatic heterocycles.